The fraction of sp³-hybridized carbons (Fsp3) is 0.818. The highest BCUT2D eigenvalue weighted by Gasteiger charge is 1.97. The molecule has 0 spiro atoms. The van der Waals surface area contributed by atoms with Crippen LogP contribution in [0.15, 0.2) is 0 Å². The van der Waals surface area contributed by atoms with Crippen molar-refractivity contribution in [2.75, 3.05) is 20.3 Å². The summed E-state index contributed by atoms with van der Waals surface area (Å²) in [7, 11) is 2.01. The zero-order valence-electron chi connectivity index (χ0n) is 9.42. The Morgan fingerprint density at radius 1 is 1.23 bits per heavy atom. The van der Waals surface area contributed by atoms with Gasteiger partial charge in [-0.05, 0) is 20.9 Å². The summed E-state index contributed by atoms with van der Waals surface area (Å²) < 4.78 is 5.42. The first-order chi connectivity index (χ1) is 6.02. The number of hydrogen-bond acceptors (Lipinski definition) is 2. The number of ether oxygens (including phenoxy) is 1. The van der Waals surface area contributed by atoms with Crippen molar-refractivity contribution < 1.29 is 4.74 Å². The summed E-state index contributed by atoms with van der Waals surface area (Å²) in [6.45, 7) is 9.70. The van der Waals surface area contributed by atoms with Gasteiger partial charge in [-0.1, -0.05) is 25.7 Å². The standard InChI is InChI=1S/C11H21NO/c1-10(2)7-6-8-12(5)9-13-11(3)4/h10-11H,8-9H2,1-5H3. The lowest BCUT2D eigenvalue weighted by Crippen LogP contribution is -2.24. The van der Waals surface area contributed by atoms with Crippen molar-refractivity contribution in [1.29, 1.82) is 0 Å². The molecule has 0 fully saturated rings. The Morgan fingerprint density at radius 2 is 1.85 bits per heavy atom. The first kappa shape index (κ1) is 12.5. The van der Waals surface area contributed by atoms with Crippen molar-refractivity contribution in [3.63, 3.8) is 0 Å². The molecular formula is C11H21NO. The van der Waals surface area contributed by atoms with Crippen LogP contribution < -0.4 is 0 Å². The second kappa shape index (κ2) is 6.94. The van der Waals surface area contributed by atoms with Gasteiger partial charge in [0.15, 0.2) is 0 Å². The van der Waals surface area contributed by atoms with Gasteiger partial charge in [-0.25, -0.2) is 0 Å². The number of hydrogen-bond donors (Lipinski definition) is 0. The Bertz CT molecular complexity index is 176. The van der Waals surface area contributed by atoms with Gasteiger partial charge in [0.1, 0.15) is 0 Å². The SMILES string of the molecule is CC(C)C#CCN(C)COC(C)C. The molecule has 0 aliphatic heterocycles. The van der Waals surface area contributed by atoms with E-state index in [9.17, 15) is 0 Å². The van der Waals surface area contributed by atoms with Gasteiger partial charge in [-0.2, -0.15) is 0 Å². The van der Waals surface area contributed by atoms with Gasteiger partial charge in [0.25, 0.3) is 0 Å². The van der Waals surface area contributed by atoms with Gasteiger partial charge in [-0.3, -0.25) is 4.90 Å². The molecule has 0 saturated heterocycles. The molecule has 0 atom stereocenters. The third kappa shape index (κ3) is 9.39. The molecule has 0 unspecified atom stereocenters. The van der Waals surface area contributed by atoms with Crippen molar-refractivity contribution in [1.82, 2.24) is 4.90 Å². The van der Waals surface area contributed by atoms with E-state index in [1.165, 1.54) is 0 Å². The monoisotopic (exact) mass is 183 g/mol. The summed E-state index contributed by atoms with van der Waals surface area (Å²) >= 11 is 0. The fourth-order valence-electron chi connectivity index (χ4n) is 0.707. The van der Waals surface area contributed by atoms with Crippen LogP contribution in [-0.4, -0.2) is 31.3 Å². The highest BCUT2D eigenvalue weighted by Crippen LogP contribution is 1.90. The van der Waals surface area contributed by atoms with Crippen LogP contribution in [0.4, 0.5) is 0 Å². The van der Waals surface area contributed by atoms with E-state index in [1.807, 2.05) is 20.9 Å². The maximum Gasteiger partial charge on any atom is 0.0998 e. The molecule has 2 nitrogen and oxygen atoms in total. The predicted octanol–water partition coefficient (Wildman–Crippen LogP) is 1.96. The van der Waals surface area contributed by atoms with Crippen LogP contribution >= 0.6 is 0 Å². The van der Waals surface area contributed by atoms with E-state index >= 15 is 0 Å². The molecule has 0 aliphatic carbocycles. The minimum atomic E-state index is 0.292. The van der Waals surface area contributed by atoms with E-state index in [0.717, 1.165) is 6.54 Å². The topological polar surface area (TPSA) is 12.5 Å². The Morgan fingerprint density at radius 3 is 2.31 bits per heavy atom. The Hall–Kier alpha value is -0.520. The third-order valence-corrected chi connectivity index (χ3v) is 1.37. The van der Waals surface area contributed by atoms with E-state index in [1.54, 1.807) is 0 Å². The summed E-state index contributed by atoms with van der Waals surface area (Å²) in [5, 5.41) is 0. The van der Waals surface area contributed by atoms with Gasteiger partial charge in [0.2, 0.25) is 0 Å². The van der Waals surface area contributed by atoms with Crippen LogP contribution in [0, 0.1) is 17.8 Å². The average molecular weight is 183 g/mol. The lowest BCUT2D eigenvalue weighted by Gasteiger charge is -2.15. The zero-order chi connectivity index (χ0) is 10.3. The van der Waals surface area contributed by atoms with Crippen molar-refractivity contribution in [3.05, 3.63) is 0 Å². The zero-order valence-corrected chi connectivity index (χ0v) is 9.42. The number of rotatable bonds is 4. The van der Waals surface area contributed by atoms with Crippen LogP contribution in [0.25, 0.3) is 0 Å². The summed E-state index contributed by atoms with van der Waals surface area (Å²) in [5.74, 6) is 6.68. The largest absolute Gasteiger partial charge is 0.363 e. The Labute approximate surface area is 82.3 Å². The highest BCUT2D eigenvalue weighted by molar-refractivity contribution is 5.02. The fourth-order valence-corrected chi connectivity index (χ4v) is 0.707. The van der Waals surface area contributed by atoms with E-state index in [2.05, 4.69) is 30.6 Å². The molecular weight excluding hydrogens is 162 g/mol. The molecule has 0 saturated carbocycles. The summed E-state index contributed by atoms with van der Waals surface area (Å²) in [5.41, 5.74) is 0. The Kier molecular flexibility index (Phi) is 6.66. The normalized spacial score (nSPS) is 10.8. The highest BCUT2D eigenvalue weighted by atomic mass is 16.5. The van der Waals surface area contributed by atoms with Gasteiger partial charge in [0, 0.05) is 5.92 Å². The third-order valence-electron chi connectivity index (χ3n) is 1.37. The number of nitrogens with zero attached hydrogens (tertiary/aromatic N) is 1. The van der Waals surface area contributed by atoms with E-state index in [0.29, 0.717) is 18.8 Å². The molecule has 0 aromatic carbocycles. The van der Waals surface area contributed by atoms with Crippen LogP contribution in [0.2, 0.25) is 0 Å². The van der Waals surface area contributed by atoms with E-state index < -0.39 is 0 Å². The minimum absolute atomic E-state index is 0.292. The second-order valence-electron chi connectivity index (χ2n) is 3.83. The molecule has 76 valence electrons. The van der Waals surface area contributed by atoms with E-state index in [-0.39, 0.29) is 0 Å². The van der Waals surface area contributed by atoms with Gasteiger partial charge >= 0.3 is 0 Å². The lowest BCUT2D eigenvalue weighted by atomic mass is 10.2. The van der Waals surface area contributed by atoms with Crippen LogP contribution in [0.1, 0.15) is 27.7 Å². The van der Waals surface area contributed by atoms with Crippen molar-refractivity contribution in [2.24, 2.45) is 5.92 Å². The summed E-state index contributed by atoms with van der Waals surface area (Å²) in [6.07, 6.45) is 0.292. The molecule has 0 aromatic rings. The molecule has 0 amide bonds. The minimum Gasteiger partial charge on any atom is -0.363 e. The van der Waals surface area contributed by atoms with Gasteiger partial charge in [-0.15, -0.1) is 0 Å². The molecule has 2 heteroatoms. The van der Waals surface area contributed by atoms with Crippen LogP contribution in [0.5, 0.6) is 0 Å². The van der Waals surface area contributed by atoms with Crippen molar-refractivity contribution >= 4 is 0 Å². The van der Waals surface area contributed by atoms with Gasteiger partial charge < -0.3 is 4.74 Å². The quantitative estimate of drug-likeness (QED) is 0.488. The first-order valence-electron chi connectivity index (χ1n) is 4.81. The second-order valence-corrected chi connectivity index (χ2v) is 3.83. The molecule has 0 aliphatic rings. The Balaban J connectivity index is 3.53. The average Bonchev–Trinajstić information content (AvgIpc) is 2.00. The van der Waals surface area contributed by atoms with Gasteiger partial charge in [0.05, 0.1) is 19.4 Å². The van der Waals surface area contributed by atoms with E-state index in [4.69, 9.17) is 4.74 Å². The lowest BCUT2D eigenvalue weighted by molar-refractivity contribution is 0.0101. The molecule has 0 aromatic heterocycles. The smallest absolute Gasteiger partial charge is 0.0998 e. The maximum absolute atomic E-state index is 5.42. The van der Waals surface area contributed by atoms with Crippen LogP contribution in [-0.2, 0) is 4.74 Å². The molecule has 0 heterocycles. The summed E-state index contributed by atoms with van der Waals surface area (Å²) in [4.78, 5) is 2.06. The molecule has 13 heavy (non-hydrogen) atoms. The maximum atomic E-state index is 5.42. The molecule has 0 radical (unpaired) electrons. The predicted molar refractivity (Wildman–Crippen MR) is 56.3 cm³/mol. The summed E-state index contributed by atoms with van der Waals surface area (Å²) in [6, 6.07) is 0. The molecule has 0 N–H and O–H groups in total. The van der Waals surface area contributed by atoms with Crippen molar-refractivity contribution in [3.8, 4) is 11.8 Å². The first-order valence-corrected chi connectivity index (χ1v) is 4.81. The van der Waals surface area contributed by atoms with Crippen LogP contribution in [0.3, 0.4) is 0 Å². The molecule has 0 rings (SSSR count). The van der Waals surface area contributed by atoms with Crippen molar-refractivity contribution in [2.45, 2.75) is 33.8 Å². The molecule has 0 bridgehead atoms.